The Bertz CT molecular complexity index is 546. The summed E-state index contributed by atoms with van der Waals surface area (Å²) in [6.45, 7) is 4.25. The Balaban J connectivity index is 2.33. The van der Waals surface area contributed by atoms with E-state index in [-0.39, 0.29) is 0 Å². The first-order valence-corrected chi connectivity index (χ1v) is 5.44. The van der Waals surface area contributed by atoms with E-state index in [1.165, 1.54) is 16.5 Å². The third-order valence-electron chi connectivity index (χ3n) is 3.08. The van der Waals surface area contributed by atoms with Crippen molar-refractivity contribution in [3.63, 3.8) is 0 Å². The van der Waals surface area contributed by atoms with Crippen molar-refractivity contribution < 1.29 is 4.42 Å². The van der Waals surface area contributed by atoms with Crippen LogP contribution in [0.5, 0.6) is 0 Å². The summed E-state index contributed by atoms with van der Waals surface area (Å²) in [6.07, 6.45) is 5.57. The maximum atomic E-state index is 5.78. The van der Waals surface area contributed by atoms with Crippen molar-refractivity contribution >= 4 is 17.0 Å². The molecule has 0 fully saturated rings. The number of hydrogen-bond donors (Lipinski definition) is 0. The predicted molar refractivity (Wildman–Crippen MR) is 62.9 cm³/mol. The van der Waals surface area contributed by atoms with Crippen molar-refractivity contribution in [2.45, 2.75) is 20.3 Å². The van der Waals surface area contributed by atoms with Gasteiger partial charge in [-0.2, -0.15) is 0 Å². The van der Waals surface area contributed by atoms with E-state index in [0.29, 0.717) is 5.92 Å². The Morgan fingerprint density at radius 2 is 2.20 bits per heavy atom. The van der Waals surface area contributed by atoms with Gasteiger partial charge in [0.2, 0.25) is 0 Å². The van der Waals surface area contributed by atoms with Gasteiger partial charge in [0.15, 0.2) is 0 Å². The lowest BCUT2D eigenvalue weighted by atomic mass is 9.90. The standard InChI is InChI=1S/C14H14O/c1-9-3-4-11-5-6-12-8-10(2)15-14(12)13(11)7-9/h3-6,8-9H,7H2,1-2H3. The summed E-state index contributed by atoms with van der Waals surface area (Å²) < 4.78 is 5.78. The van der Waals surface area contributed by atoms with Gasteiger partial charge in [0.1, 0.15) is 11.3 Å². The third-order valence-corrected chi connectivity index (χ3v) is 3.08. The van der Waals surface area contributed by atoms with Crippen LogP contribution in [-0.4, -0.2) is 0 Å². The molecule has 0 amide bonds. The number of fused-ring (bicyclic) bond motifs is 3. The number of allylic oxidation sites excluding steroid dienone is 1. The Morgan fingerprint density at radius 3 is 3.07 bits per heavy atom. The summed E-state index contributed by atoms with van der Waals surface area (Å²) in [5, 5.41) is 1.23. The van der Waals surface area contributed by atoms with Crippen LogP contribution in [0.15, 0.2) is 28.7 Å². The molecule has 3 rings (SSSR count). The molecule has 1 aliphatic carbocycles. The van der Waals surface area contributed by atoms with Crippen LogP contribution in [0.4, 0.5) is 0 Å². The Hall–Kier alpha value is -1.50. The van der Waals surface area contributed by atoms with Gasteiger partial charge in [-0.3, -0.25) is 0 Å². The summed E-state index contributed by atoms with van der Waals surface area (Å²) in [5.41, 5.74) is 3.77. The molecule has 0 bridgehead atoms. The predicted octanol–water partition coefficient (Wildman–Crippen LogP) is 3.95. The second-order valence-corrected chi connectivity index (χ2v) is 4.45. The molecule has 2 aromatic rings. The van der Waals surface area contributed by atoms with Gasteiger partial charge in [0, 0.05) is 10.9 Å². The molecule has 0 saturated heterocycles. The highest BCUT2D eigenvalue weighted by atomic mass is 16.3. The number of furan rings is 1. The first-order chi connectivity index (χ1) is 7.24. The zero-order valence-electron chi connectivity index (χ0n) is 9.08. The molecule has 1 unspecified atom stereocenters. The summed E-state index contributed by atoms with van der Waals surface area (Å²) >= 11 is 0. The molecule has 1 aliphatic rings. The molecule has 0 aliphatic heterocycles. The minimum absolute atomic E-state index is 0.619. The molecule has 0 radical (unpaired) electrons. The smallest absolute Gasteiger partial charge is 0.138 e. The molecule has 0 N–H and O–H groups in total. The average Bonchev–Trinajstić information content (AvgIpc) is 2.58. The van der Waals surface area contributed by atoms with Crippen LogP contribution in [-0.2, 0) is 6.42 Å². The lowest BCUT2D eigenvalue weighted by Crippen LogP contribution is -2.03. The third kappa shape index (κ3) is 1.30. The van der Waals surface area contributed by atoms with Crippen LogP contribution in [0, 0.1) is 12.8 Å². The zero-order valence-corrected chi connectivity index (χ0v) is 9.08. The van der Waals surface area contributed by atoms with E-state index in [0.717, 1.165) is 17.8 Å². The van der Waals surface area contributed by atoms with Crippen LogP contribution in [0.25, 0.3) is 17.0 Å². The van der Waals surface area contributed by atoms with Gasteiger partial charge in [0.05, 0.1) is 0 Å². The largest absolute Gasteiger partial charge is 0.461 e. The number of benzene rings is 1. The molecule has 15 heavy (non-hydrogen) atoms. The van der Waals surface area contributed by atoms with Gasteiger partial charge >= 0.3 is 0 Å². The Labute approximate surface area is 89.4 Å². The van der Waals surface area contributed by atoms with E-state index >= 15 is 0 Å². The molecule has 1 heterocycles. The maximum absolute atomic E-state index is 5.78. The van der Waals surface area contributed by atoms with Crippen LogP contribution in [0.2, 0.25) is 0 Å². The number of hydrogen-bond acceptors (Lipinski definition) is 1. The van der Waals surface area contributed by atoms with Crippen LogP contribution < -0.4 is 0 Å². The minimum Gasteiger partial charge on any atom is -0.461 e. The molecule has 1 atom stereocenters. The first kappa shape index (κ1) is 8.78. The SMILES string of the molecule is Cc1cc2ccc3c(c2o1)CC(C)C=C3. The van der Waals surface area contributed by atoms with Gasteiger partial charge in [-0.1, -0.05) is 31.2 Å². The number of rotatable bonds is 0. The molecule has 0 spiro atoms. The van der Waals surface area contributed by atoms with E-state index in [1.54, 1.807) is 0 Å². The summed E-state index contributed by atoms with van der Waals surface area (Å²) in [6, 6.07) is 6.44. The molecular formula is C14H14O. The zero-order chi connectivity index (χ0) is 10.4. The second-order valence-electron chi connectivity index (χ2n) is 4.45. The topological polar surface area (TPSA) is 13.1 Å². The van der Waals surface area contributed by atoms with Gasteiger partial charge in [-0.05, 0) is 30.9 Å². The van der Waals surface area contributed by atoms with Crippen LogP contribution >= 0.6 is 0 Å². The van der Waals surface area contributed by atoms with E-state index in [1.807, 2.05) is 6.92 Å². The lowest BCUT2D eigenvalue weighted by molar-refractivity contribution is 0.570. The Kier molecular flexibility index (Phi) is 1.75. The fraction of sp³-hybridized carbons (Fsp3) is 0.286. The van der Waals surface area contributed by atoms with E-state index in [9.17, 15) is 0 Å². The van der Waals surface area contributed by atoms with Crippen molar-refractivity contribution in [3.05, 3.63) is 41.2 Å². The molecule has 76 valence electrons. The number of aryl methyl sites for hydroxylation is 1. The highest BCUT2D eigenvalue weighted by Gasteiger charge is 2.15. The van der Waals surface area contributed by atoms with E-state index in [2.05, 4.69) is 37.3 Å². The van der Waals surface area contributed by atoms with E-state index in [4.69, 9.17) is 4.42 Å². The monoisotopic (exact) mass is 198 g/mol. The highest BCUT2D eigenvalue weighted by molar-refractivity contribution is 5.85. The van der Waals surface area contributed by atoms with Gasteiger partial charge < -0.3 is 4.42 Å². The minimum atomic E-state index is 0.619. The maximum Gasteiger partial charge on any atom is 0.138 e. The molecule has 1 nitrogen and oxygen atoms in total. The molecular weight excluding hydrogens is 184 g/mol. The lowest BCUT2D eigenvalue weighted by Gasteiger charge is -2.15. The van der Waals surface area contributed by atoms with Crippen molar-refractivity contribution in [1.82, 2.24) is 0 Å². The molecule has 1 aromatic heterocycles. The van der Waals surface area contributed by atoms with Crippen molar-refractivity contribution in [1.29, 1.82) is 0 Å². The highest BCUT2D eigenvalue weighted by Crippen LogP contribution is 2.31. The van der Waals surface area contributed by atoms with Crippen LogP contribution in [0.1, 0.15) is 23.8 Å². The van der Waals surface area contributed by atoms with Crippen molar-refractivity contribution in [3.8, 4) is 0 Å². The quantitative estimate of drug-likeness (QED) is 0.624. The normalized spacial score (nSPS) is 19.5. The molecule has 0 saturated carbocycles. The second kappa shape index (κ2) is 2.99. The summed E-state index contributed by atoms with van der Waals surface area (Å²) in [7, 11) is 0. The van der Waals surface area contributed by atoms with Crippen molar-refractivity contribution in [2.75, 3.05) is 0 Å². The fourth-order valence-corrected chi connectivity index (χ4v) is 2.33. The van der Waals surface area contributed by atoms with Gasteiger partial charge in [-0.25, -0.2) is 0 Å². The average molecular weight is 198 g/mol. The van der Waals surface area contributed by atoms with E-state index < -0.39 is 0 Å². The Morgan fingerprint density at radius 1 is 1.33 bits per heavy atom. The summed E-state index contributed by atoms with van der Waals surface area (Å²) in [5.74, 6) is 1.62. The first-order valence-electron chi connectivity index (χ1n) is 5.44. The molecule has 1 heteroatoms. The van der Waals surface area contributed by atoms with Gasteiger partial charge in [-0.15, -0.1) is 0 Å². The summed E-state index contributed by atoms with van der Waals surface area (Å²) in [4.78, 5) is 0. The van der Waals surface area contributed by atoms with Crippen molar-refractivity contribution in [2.24, 2.45) is 5.92 Å². The van der Waals surface area contributed by atoms with Gasteiger partial charge in [0.25, 0.3) is 0 Å². The molecule has 1 aromatic carbocycles. The van der Waals surface area contributed by atoms with Crippen LogP contribution in [0.3, 0.4) is 0 Å². The fourth-order valence-electron chi connectivity index (χ4n) is 2.33.